The number of nitrogens with two attached hydrogens (primary N) is 1. The first-order chi connectivity index (χ1) is 9.38. The van der Waals surface area contributed by atoms with Crippen molar-refractivity contribution in [3.63, 3.8) is 0 Å². The summed E-state index contributed by atoms with van der Waals surface area (Å²) in [5, 5.41) is 0. The third kappa shape index (κ3) is 5.30. The molecule has 20 heavy (non-hydrogen) atoms. The molecule has 6 nitrogen and oxygen atoms in total. The van der Waals surface area contributed by atoms with Crippen molar-refractivity contribution in [2.24, 2.45) is 0 Å². The smallest absolute Gasteiger partial charge is 0.243 e. The topological polar surface area (TPSA) is 90.6 Å². The van der Waals surface area contributed by atoms with Gasteiger partial charge >= 0.3 is 0 Å². The van der Waals surface area contributed by atoms with Gasteiger partial charge in [0.05, 0.1) is 25.5 Å². The number of benzene rings is 1. The summed E-state index contributed by atoms with van der Waals surface area (Å²) in [6.45, 7) is 1.31. The highest BCUT2D eigenvalue weighted by Crippen LogP contribution is 2.31. The van der Waals surface area contributed by atoms with Gasteiger partial charge in [-0.1, -0.05) is 15.9 Å². The minimum absolute atomic E-state index is 0.0255. The van der Waals surface area contributed by atoms with Crippen LogP contribution in [0.3, 0.4) is 0 Å². The van der Waals surface area contributed by atoms with Gasteiger partial charge in [0.15, 0.2) is 0 Å². The fourth-order valence-corrected chi connectivity index (χ4v) is 4.51. The Morgan fingerprint density at radius 2 is 1.95 bits per heavy atom. The van der Waals surface area contributed by atoms with E-state index in [-0.39, 0.29) is 23.7 Å². The Bertz CT molecular complexity index is 528. The molecule has 0 saturated heterocycles. The van der Waals surface area contributed by atoms with Crippen LogP contribution in [0.5, 0.6) is 0 Å². The first-order valence-electron chi connectivity index (χ1n) is 5.69. The highest BCUT2D eigenvalue weighted by atomic mass is 79.9. The van der Waals surface area contributed by atoms with E-state index in [1.165, 1.54) is 6.07 Å². The van der Waals surface area contributed by atoms with Gasteiger partial charge in [-0.2, -0.15) is 0 Å². The van der Waals surface area contributed by atoms with Gasteiger partial charge in [0.1, 0.15) is 4.90 Å². The van der Waals surface area contributed by atoms with E-state index < -0.39 is 10.0 Å². The molecule has 0 saturated carbocycles. The van der Waals surface area contributed by atoms with Crippen molar-refractivity contribution in [1.29, 1.82) is 0 Å². The average molecular weight is 432 g/mol. The van der Waals surface area contributed by atoms with E-state index in [4.69, 9.17) is 15.2 Å². The molecule has 1 aromatic carbocycles. The van der Waals surface area contributed by atoms with E-state index in [1.807, 2.05) is 0 Å². The van der Waals surface area contributed by atoms with E-state index in [9.17, 15) is 8.42 Å². The summed E-state index contributed by atoms with van der Waals surface area (Å²) in [5.74, 6) is 0. The van der Waals surface area contributed by atoms with Gasteiger partial charge in [-0.25, -0.2) is 13.1 Å². The molecular formula is C11H16Br2N2O4S. The maximum absolute atomic E-state index is 12.2. The van der Waals surface area contributed by atoms with E-state index >= 15 is 0 Å². The first kappa shape index (κ1) is 17.9. The summed E-state index contributed by atoms with van der Waals surface area (Å²) in [7, 11) is -2.12. The Morgan fingerprint density at radius 1 is 1.25 bits per heavy atom. The van der Waals surface area contributed by atoms with Gasteiger partial charge in [0.25, 0.3) is 0 Å². The Morgan fingerprint density at radius 3 is 2.55 bits per heavy atom. The van der Waals surface area contributed by atoms with Crippen LogP contribution in [0.1, 0.15) is 0 Å². The molecular weight excluding hydrogens is 416 g/mol. The Labute approximate surface area is 135 Å². The van der Waals surface area contributed by atoms with Crippen molar-refractivity contribution in [3.05, 3.63) is 21.1 Å². The van der Waals surface area contributed by atoms with Crippen molar-refractivity contribution < 1.29 is 17.9 Å². The van der Waals surface area contributed by atoms with Crippen molar-refractivity contribution in [1.82, 2.24) is 4.72 Å². The molecule has 1 rings (SSSR count). The van der Waals surface area contributed by atoms with Crippen molar-refractivity contribution >= 4 is 47.6 Å². The Balaban J connectivity index is 2.66. The lowest BCUT2D eigenvalue weighted by atomic mass is 10.3. The van der Waals surface area contributed by atoms with Crippen molar-refractivity contribution in [2.75, 3.05) is 39.2 Å². The molecule has 3 N–H and O–H groups in total. The number of nitrogen functional groups attached to an aromatic ring is 1. The first-order valence-corrected chi connectivity index (χ1v) is 8.76. The van der Waals surface area contributed by atoms with Gasteiger partial charge in [-0.05, 0) is 28.1 Å². The molecule has 0 aromatic heterocycles. The lowest BCUT2D eigenvalue weighted by Gasteiger charge is -2.11. The van der Waals surface area contributed by atoms with Crippen LogP contribution in [-0.2, 0) is 19.5 Å². The SMILES string of the molecule is COCCOCCNS(=O)(=O)c1c(N)cc(Br)cc1Br. The van der Waals surface area contributed by atoms with Gasteiger partial charge in [0.2, 0.25) is 10.0 Å². The molecule has 0 aliphatic carbocycles. The molecule has 0 heterocycles. The number of halogens is 2. The lowest BCUT2D eigenvalue weighted by Crippen LogP contribution is -2.28. The van der Waals surface area contributed by atoms with Crippen molar-refractivity contribution in [3.8, 4) is 0 Å². The zero-order chi connectivity index (χ0) is 15.2. The van der Waals surface area contributed by atoms with Gasteiger partial charge in [-0.15, -0.1) is 0 Å². The zero-order valence-corrected chi connectivity index (χ0v) is 14.8. The zero-order valence-electron chi connectivity index (χ0n) is 10.9. The summed E-state index contributed by atoms with van der Waals surface area (Å²) in [6.07, 6.45) is 0. The number of hydrogen-bond acceptors (Lipinski definition) is 5. The van der Waals surface area contributed by atoms with E-state index in [2.05, 4.69) is 36.6 Å². The Kier molecular flexibility index (Phi) is 7.41. The summed E-state index contributed by atoms with van der Waals surface area (Å²) in [5.41, 5.74) is 5.92. The number of nitrogens with one attached hydrogen (secondary N) is 1. The van der Waals surface area contributed by atoms with Crippen LogP contribution < -0.4 is 10.5 Å². The molecule has 0 unspecified atom stereocenters. The fraction of sp³-hybridized carbons (Fsp3) is 0.455. The minimum Gasteiger partial charge on any atom is -0.398 e. The number of sulfonamides is 1. The predicted molar refractivity (Wildman–Crippen MR) is 84.1 cm³/mol. The normalized spacial score (nSPS) is 11.8. The van der Waals surface area contributed by atoms with Gasteiger partial charge in [0, 0.05) is 22.6 Å². The van der Waals surface area contributed by atoms with E-state index in [0.717, 1.165) is 0 Å². The molecule has 9 heteroatoms. The standard InChI is InChI=1S/C11H16Br2N2O4S/c1-18-4-5-19-3-2-15-20(16,17)11-9(13)6-8(12)7-10(11)14/h6-7,15H,2-5,14H2,1H3. The second-order valence-electron chi connectivity index (χ2n) is 3.81. The quantitative estimate of drug-likeness (QED) is 0.483. The van der Waals surface area contributed by atoms with Gasteiger partial charge in [-0.3, -0.25) is 0 Å². The number of ether oxygens (including phenoxy) is 2. The van der Waals surface area contributed by atoms with E-state index in [0.29, 0.717) is 22.2 Å². The number of methoxy groups -OCH3 is 1. The van der Waals surface area contributed by atoms with Crippen LogP contribution in [0.25, 0.3) is 0 Å². The monoisotopic (exact) mass is 430 g/mol. The Hall–Kier alpha value is -0.190. The van der Waals surface area contributed by atoms with Crippen LogP contribution in [0.4, 0.5) is 5.69 Å². The molecule has 0 atom stereocenters. The number of hydrogen-bond donors (Lipinski definition) is 2. The minimum atomic E-state index is -3.69. The summed E-state index contributed by atoms with van der Waals surface area (Å²) in [6, 6.07) is 3.16. The fourth-order valence-electron chi connectivity index (χ4n) is 1.43. The van der Waals surface area contributed by atoms with Crippen LogP contribution >= 0.6 is 31.9 Å². The lowest BCUT2D eigenvalue weighted by molar-refractivity contribution is 0.0736. The van der Waals surface area contributed by atoms with Crippen LogP contribution in [0, 0.1) is 0 Å². The molecule has 114 valence electrons. The third-order valence-corrected chi connectivity index (χ3v) is 5.20. The molecule has 0 spiro atoms. The molecule has 0 aliphatic rings. The molecule has 0 amide bonds. The predicted octanol–water partition coefficient (Wildman–Crippen LogP) is 1.74. The van der Waals surface area contributed by atoms with Crippen LogP contribution in [0.2, 0.25) is 0 Å². The summed E-state index contributed by atoms with van der Waals surface area (Å²) < 4.78 is 37.8. The second-order valence-corrected chi connectivity index (χ2v) is 7.28. The average Bonchev–Trinajstić information content (AvgIpc) is 2.31. The summed E-state index contributed by atoms with van der Waals surface area (Å²) in [4.78, 5) is 0.0255. The molecule has 0 radical (unpaired) electrons. The van der Waals surface area contributed by atoms with Crippen LogP contribution in [0.15, 0.2) is 26.0 Å². The largest absolute Gasteiger partial charge is 0.398 e. The highest BCUT2D eigenvalue weighted by Gasteiger charge is 2.21. The second kappa shape index (κ2) is 8.30. The number of anilines is 1. The van der Waals surface area contributed by atoms with Gasteiger partial charge < -0.3 is 15.2 Å². The summed E-state index contributed by atoms with van der Waals surface area (Å²) >= 11 is 6.44. The van der Waals surface area contributed by atoms with E-state index in [1.54, 1.807) is 13.2 Å². The highest BCUT2D eigenvalue weighted by molar-refractivity contribution is 9.11. The maximum Gasteiger partial charge on any atom is 0.243 e. The third-order valence-electron chi connectivity index (χ3n) is 2.28. The molecule has 0 fully saturated rings. The number of rotatable bonds is 8. The van der Waals surface area contributed by atoms with Crippen LogP contribution in [-0.4, -0.2) is 41.9 Å². The molecule has 1 aromatic rings. The van der Waals surface area contributed by atoms with Crippen molar-refractivity contribution in [2.45, 2.75) is 4.90 Å². The molecule has 0 aliphatic heterocycles. The molecule has 0 bridgehead atoms. The maximum atomic E-state index is 12.2.